The van der Waals surface area contributed by atoms with E-state index in [2.05, 4.69) is 12.2 Å². The molecule has 1 saturated carbocycles. The van der Waals surface area contributed by atoms with E-state index in [1.54, 1.807) is 0 Å². The molecule has 3 nitrogen and oxygen atoms in total. The molecule has 1 amide bonds. The highest BCUT2D eigenvalue weighted by Crippen LogP contribution is 2.27. The number of nitrogens with one attached hydrogen (secondary N) is 1. The molecule has 116 valence electrons. The highest BCUT2D eigenvalue weighted by molar-refractivity contribution is 5.78. The number of nitrogen functional groups attached to an aromatic ring is 1. The molecule has 3 heteroatoms. The maximum Gasteiger partial charge on any atom is 0.224 e. The summed E-state index contributed by atoms with van der Waals surface area (Å²) >= 11 is 0. The van der Waals surface area contributed by atoms with Crippen LogP contribution in [0.5, 0.6) is 0 Å². The lowest BCUT2D eigenvalue weighted by molar-refractivity contribution is -0.121. The summed E-state index contributed by atoms with van der Waals surface area (Å²) in [6, 6.07) is 7.79. The van der Waals surface area contributed by atoms with Crippen molar-refractivity contribution in [3.05, 3.63) is 29.8 Å². The van der Waals surface area contributed by atoms with Gasteiger partial charge in [-0.1, -0.05) is 44.2 Å². The molecule has 1 aliphatic carbocycles. The number of benzene rings is 1. The molecule has 1 aromatic carbocycles. The number of hydrogen-bond donors (Lipinski definition) is 2. The van der Waals surface area contributed by atoms with Gasteiger partial charge >= 0.3 is 0 Å². The Hall–Kier alpha value is -1.51. The molecule has 1 aliphatic rings. The Kier molecular flexibility index (Phi) is 6.09. The smallest absolute Gasteiger partial charge is 0.224 e. The minimum absolute atomic E-state index is 0.107. The molecule has 3 N–H and O–H groups in total. The van der Waals surface area contributed by atoms with Gasteiger partial charge in [0.2, 0.25) is 5.91 Å². The van der Waals surface area contributed by atoms with Crippen LogP contribution in [0.25, 0.3) is 0 Å². The molecule has 1 aromatic rings. The molecule has 21 heavy (non-hydrogen) atoms. The fraction of sp³-hybridized carbons (Fsp3) is 0.611. The van der Waals surface area contributed by atoms with Crippen LogP contribution in [0.2, 0.25) is 0 Å². The summed E-state index contributed by atoms with van der Waals surface area (Å²) in [4.78, 5) is 12.0. The van der Waals surface area contributed by atoms with Crippen molar-refractivity contribution in [1.29, 1.82) is 0 Å². The highest BCUT2D eigenvalue weighted by atomic mass is 16.1. The van der Waals surface area contributed by atoms with Gasteiger partial charge in [0.15, 0.2) is 0 Å². The number of hydrogen-bond acceptors (Lipinski definition) is 2. The quantitative estimate of drug-likeness (QED) is 0.785. The largest absolute Gasteiger partial charge is 0.399 e. The minimum Gasteiger partial charge on any atom is -0.399 e. The van der Waals surface area contributed by atoms with Gasteiger partial charge in [0, 0.05) is 11.7 Å². The van der Waals surface area contributed by atoms with E-state index in [0.29, 0.717) is 6.42 Å². The molecule has 0 bridgehead atoms. The van der Waals surface area contributed by atoms with Gasteiger partial charge in [-0.2, -0.15) is 0 Å². The second-order valence-corrected chi connectivity index (χ2v) is 6.47. The van der Waals surface area contributed by atoms with Gasteiger partial charge in [0.1, 0.15) is 0 Å². The van der Waals surface area contributed by atoms with E-state index in [1.165, 1.54) is 38.5 Å². The summed E-state index contributed by atoms with van der Waals surface area (Å²) in [6.07, 6.45) is 9.74. The first-order valence-electron chi connectivity index (χ1n) is 8.27. The van der Waals surface area contributed by atoms with Crippen LogP contribution in [0.15, 0.2) is 24.3 Å². The lowest BCUT2D eigenvalue weighted by atomic mass is 9.85. The van der Waals surface area contributed by atoms with E-state index < -0.39 is 0 Å². The summed E-state index contributed by atoms with van der Waals surface area (Å²) < 4.78 is 0. The van der Waals surface area contributed by atoms with E-state index in [0.717, 1.165) is 23.6 Å². The van der Waals surface area contributed by atoms with Crippen molar-refractivity contribution in [1.82, 2.24) is 5.32 Å². The summed E-state index contributed by atoms with van der Waals surface area (Å²) in [5, 5.41) is 3.11. The highest BCUT2D eigenvalue weighted by Gasteiger charge is 2.15. The van der Waals surface area contributed by atoms with Crippen LogP contribution >= 0.6 is 0 Å². The van der Waals surface area contributed by atoms with Gasteiger partial charge < -0.3 is 11.1 Å². The van der Waals surface area contributed by atoms with Crippen molar-refractivity contribution < 1.29 is 4.79 Å². The number of amides is 1. The molecule has 0 spiro atoms. The Morgan fingerprint density at radius 2 is 1.90 bits per heavy atom. The average molecular weight is 288 g/mol. The van der Waals surface area contributed by atoms with E-state index >= 15 is 0 Å². The SMILES string of the molecule is CC(CCC1CCCCC1)NC(=O)Cc1ccc(N)cc1. The third-order valence-electron chi connectivity index (χ3n) is 4.48. The molecule has 0 radical (unpaired) electrons. The zero-order valence-corrected chi connectivity index (χ0v) is 13.1. The zero-order valence-electron chi connectivity index (χ0n) is 13.1. The first kappa shape index (κ1) is 15.9. The lowest BCUT2D eigenvalue weighted by Gasteiger charge is -2.23. The monoisotopic (exact) mass is 288 g/mol. The third kappa shape index (κ3) is 5.78. The van der Waals surface area contributed by atoms with E-state index in [-0.39, 0.29) is 11.9 Å². The molecule has 0 saturated heterocycles. The Labute approximate surface area is 128 Å². The van der Waals surface area contributed by atoms with Gasteiger partial charge in [-0.15, -0.1) is 0 Å². The van der Waals surface area contributed by atoms with Gasteiger partial charge in [-0.05, 0) is 43.4 Å². The Morgan fingerprint density at radius 1 is 1.24 bits per heavy atom. The molecule has 1 fully saturated rings. The van der Waals surface area contributed by atoms with Crippen molar-refractivity contribution in [2.45, 2.75) is 64.3 Å². The fourth-order valence-electron chi connectivity index (χ4n) is 3.18. The molecule has 0 aromatic heterocycles. The second kappa shape index (κ2) is 8.06. The summed E-state index contributed by atoms with van der Waals surface area (Å²) in [5.41, 5.74) is 7.40. The second-order valence-electron chi connectivity index (χ2n) is 6.47. The van der Waals surface area contributed by atoms with Crippen molar-refractivity contribution >= 4 is 11.6 Å². The number of anilines is 1. The molecule has 0 heterocycles. The standard InChI is InChI=1S/C18H28N2O/c1-14(7-8-15-5-3-2-4-6-15)20-18(21)13-16-9-11-17(19)12-10-16/h9-12,14-15H,2-8,13,19H2,1H3,(H,20,21). The van der Waals surface area contributed by atoms with Crippen molar-refractivity contribution in [2.24, 2.45) is 5.92 Å². The van der Waals surface area contributed by atoms with Crippen LogP contribution < -0.4 is 11.1 Å². The van der Waals surface area contributed by atoms with E-state index in [9.17, 15) is 4.79 Å². The third-order valence-corrected chi connectivity index (χ3v) is 4.48. The Morgan fingerprint density at radius 3 is 2.57 bits per heavy atom. The molecular formula is C18H28N2O. The van der Waals surface area contributed by atoms with Crippen LogP contribution in [-0.4, -0.2) is 11.9 Å². The topological polar surface area (TPSA) is 55.1 Å². The Balaban J connectivity index is 1.67. The predicted octanol–water partition coefficient (Wildman–Crippen LogP) is 3.68. The number of carbonyl (C=O) groups is 1. The van der Waals surface area contributed by atoms with Crippen LogP contribution in [0.4, 0.5) is 5.69 Å². The predicted molar refractivity (Wildman–Crippen MR) is 88.0 cm³/mol. The first-order valence-corrected chi connectivity index (χ1v) is 8.27. The normalized spacial score (nSPS) is 17.4. The number of carbonyl (C=O) groups excluding carboxylic acids is 1. The van der Waals surface area contributed by atoms with Crippen molar-refractivity contribution in [3.8, 4) is 0 Å². The first-order chi connectivity index (χ1) is 10.1. The number of rotatable bonds is 6. The van der Waals surface area contributed by atoms with E-state index in [1.807, 2.05) is 24.3 Å². The van der Waals surface area contributed by atoms with Gasteiger partial charge in [-0.25, -0.2) is 0 Å². The Bertz CT molecular complexity index is 435. The van der Waals surface area contributed by atoms with Crippen molar-refractivity contribution in [3.63, 3.8) is 0 Å². The average Bonchev–Trinajstić information content (AvgIpc) is 2.48. The maximum atomic E-state index is 12.0. The van der Waals surface area contributed by atoms with Crippen LogP contribution in [0, 0.1) is 5.92 Å². The summed E-state index contributed by atoms with van der Waals surface area (Å²) in [5.74, 6) is 0.992. The van der Waals surface area contributed by atoms with Gasteiger partial charge in [0.05, 0.1) is 6.42 Å². The summed E-state index contributed by atoms with van der Waals surface area (Å²) in [7, 11) is 0. The minimum atomic E-state index is 0.107. The zero-order chi connectivity index (χ0) is 15.1. The van der Waals surface area contributed by atoms with Gasteiger partial charge in [0.25, 0.3) is 0 Å². The fourth-order valence-corrected chi connectivity index (χ4v) is 3.18. The number of nitrogens with two attached hydrogens (primary N) is 1. The molecule has 2 rings (SSSR count). The molecular weight excluding hydrogens is 260 g/mol. The molecule has 0 aliphatic heterocycles. The molecule has 1 atom stereocenters. The van der Waals surface area contributed by atoms with Crippen LogP contribution in [0.3, 0.4) is 0 Å². The van der Waals surface area contributed by atoms with Crippen molar-refractivity contribution in [2.75, 3.05) is 5.73 Å². The van der Waals surface area contributed by atoms with Crippen LogP contribution in [0.1, 0.15) is 57.4 Å². The maximum absolute atomic E-state index is 12.0. The van der Waals surface area contributed by atoms with E-state index in [4.69, 9.17) is 5.73 Å². The summed E-state index contributed by atoms with van der Waals surface area (Å²) in [6.45, 7) is 2.11. The lowest BCUT2D eigenvalue weighted by Crippen LogP contribution is -2.34. The van der Waals surface area contributed by atoms with Crippen LogP contribution in [-0.2, 0) is 11.2 Å². The van der Waals surface area contributed by atoms with Gasteiger partial charge in [-0.3, -0.25) is 4.79 Å². The molecule has 1 unspecified atom stereocenters.